The van der Waals surface area contributed by atoms with Gasteiger partial charge >= 0.3 is 0 Å². The van der Waals surface area contributed by atoms with Crippen LogP contribution in [0.5, 0.6) is 0 Å². The molecule has 3 rings (SSSR count). The van der Waals surface area contributed by atoms with Crippen LogP contribution in [0.1, 0.15) is 24.2 Å². The molecule has 1 atom stereocenters. The predicted octanol–water partition coefficient (Wildman–Crippen LogP) is 3.50. The fourth-order valence-corrected chi connectivity index (χ4v) is 4.11. The average molecular weight is 384 g/mol. The molecule has 0 radical (unpaired) electrons. The number of aryl methyl sites for hydroxylation is 1. The van der Waals surface area contributed by atoms with Crippen LogP contribution in [0.3, 0.4) is 0 Å². The molecule has 24 heavy (non-hydrogen) atoms. The topological polar surface area (TPSA) is 68.2 Å². The maximum atomic E-state index is 6.21. The molecule has 128 valence electrons. The summed E-state index contributed by atoms with van der Waals surface area (Å²) in [7, 11) is 0. The van der Waals surface area contributed by atoms with Crippen LogP contribution in [0.4, 0.5) is 0 Å². The Labute approximate surface area is 155 Å². The van der Waals surface area contributed by atoms with Crippen molar-refractivity contribution in [3.63, 3.8) is 0 Å². The van der Waals surface area contributed by atoms with Gasteiger partial charge in [0.15, 0.2) is 11.1 Å². The van der Waals surface area contributed by atoms with E-state index in [2.05, 4.69) is 26.1 Å². The van der Waals surface area contributed by atoms with Crippen LogP contribution < -0.4 is 11.1 Å². The first-order chi connectivity index (χ1) is 11.5. The van der Waals surface area contributed by atoms with E-state index in [1.54, 1.807) is 17.8 Å². The Hall–Kier alpha value is -1.37. The Bertz CT molecular complexity index is 737. The largest absolute Gasteiger partial charge is 0.370 e. The number of nitrogens with two attached hydrogens (primary N) is 1. The summed E-state index contributed by atoms with van der Waals surface area (Å²) >= 11 is 13.9. The number of halogens is 2. The minimum Gasteiger partial charge on any atom is -0.370 e. The number of benzene rings is 1. The number of hydrogen-bond acceptors (Lipinski definition) is 3. The van der Waals surface area contributed by atoms with Crippen molar-refractivity contribution in [2.75, 3.05) is 12.3 Å². The van der Waals surface area contributed by atoms with Crippen molar-refractivity contribution >= 4 is 40.9 Å². The first kappa shape index (κ1) is 17.5. The van der Waals surface area contributed by atoms with E-state index in [9.17, 15) is 0 Å². The van der Waals surface area contributed by atoms with Crippen LogP contribution in [-0.2, 0) is 13.0 Å². The second-order valence-electron chi connectivity index (χ2n) is 5.61. The highest BCUT2D eigenvalue weighted by molar-refractivity contribution is 7.99. The molecule has 0 aliphatic carbocycles. The van der Waals surface area contributed by atoms with Gasteiger partial charge in [-0.3, -0.25) is 4.99 Å². The maximum absolute atomic E-state index is 6.21. The molecule has 1 aromatic heterocycles. The molecule has 0 fully saturated rings. The summed E-state index contributed by atoms with van der Waals surface area (Å²) in [6.45, 7) is 3.62. The van der Waals surface area contributed by atoms with Gasteiger partial charge in [0.1, 0.15) is 0 Å². The third-order valence-corrected chi connectivity index (χ3v) is 5.33. The summed E-state index contributed by atoms with van der Waals surface area (Å²) in [6.07, 6.45) is 2.88. The van der Waals surface area contributed by atoms with E-state index in [1.165, 1.54) is 0 Å². The van der Waals surface area contributed by atoms with Gasteiger partial charge < -0.3 is 15.6 Å². The molecule has 0 spiro atoms. The zero-order chi connectivity index (χ0) is 17.1. The van der Waals surface area contributed by atoms with Crippen molar-refractivity contribution in [2.24, 2.45) is 10.7 Å². The zero-order valence-electron chi connectivity index (χ0n) is 13.3. The summed E-state index contributed by atoms with van der Waals surface area (Å²) < 4.78 is 2.19. The first-order valence-electron chi connectivity index (χ1n) is 7.73. The summed E-state index contributed by atoms with van der Waals surface area (Å²) in [5.74, 6) is 1.51. The van der Waals surface area contributed by atoms with E-state index in [0.29, 0.717) is 22.5 Å². The van der Waals surface area contributed by atoms with Crippen molar-refractivity contribution in [1.82, 2.24) is 14.9 Å². The van der Waals surface area contributed by atoms with Crippen LogP contribution >= 0.6 is 35.0 Å². The summed E-state index contributed by atoms with van der Waals surface area (Å²) in [5, 5.41) is 5.48. The van der Waals surface area contributed by atoms with Gasteiger partial charge in [-0.25, -0.2) is 4.98 Å². The monoisotopic (exact) mass is 383 g/mol. The highest BCUT2D eigenvalue weighted by Crippen LogP contribution is 2.26. The molecule has 0 amide bonds. The van der Waals surface area contributed by atoms with E-state index in [-0.39, 0.29) is 6.04 Å². The van der Waals surface area contributed by atoms with Crippen molar-refractivity contribution in [2.45, 2.75) is 31.1 Å². The van der Waals surface area contributed by atoms with Gasteiger partial charge in [-0.1, -0.05) is 41.0 Å². The third kappa shape index (κ3) is 4.18. The summed E-state index contributed by atoms with van der Waals surface area (Å²) in [4.78, 5) is 8.95. The summed E-state index contributed by atoms with van der Waals surface area (Å²) in [5.41, 5.74) is 7.96. The predicted molar refractivity (Wildman–Crippen MR) is 101 cm³/mol. The number of nitrogens with one attached hydrogen (secondary N) is 1. The number of thioether (sulfide) groups is 1. The maximum Gasteiger partial charge on any atom is 0.189 e. The molecule has 3 N–H and O–H groups in total. The average Bonchev–Trinajstić information content (AvgIpc) is 3.08. The van der Waals surface area contributed by atoms with E-state index < -0.39 is 0 Å². The molecule has 1 unspecified atom stereocenters. The third-order valence-electron chi connectivity index (χ3n) is 3.80. The molecule has 1 aliphatic heterocycles. The molecular weight excluding hydrogens is 365 g/mol. The molecular formula is C16H19Cl2N5S. The highest BCUT2D eigenvalue weighted by Gasteiger charge is 2.14. The van der Waals surface area contributed by atoms with E-state index >= 15 is 0 Å². The Kier molecular flexibility index (Phi) is 5.58. The molecule has 0 bridgehead atoms. The van der Waals surface area contributed by atoms with Gasteiger partial charge in [0.05, 0.1) is 11.7 Å². The molecule has 0 saturated heterocycles. The minimum atomic E-state index is -0.0497. The van der Waals surface area contributed by atoms with Crippen molar-refractivity contribution < 1.29 is 0 Å². The number of rotatable bonds is 5. The molecule has 1 aromatic carbocycles. The molecule has 2 heterocycles. The Balaban J connectivity index is 1.53. The van der Waals surface area contributed by atoms with Crippen LogP contribution in [0.2, 0.25) is 10.0 Å². The lowest BCUT2D eigenvalue weighted by Gasteiger charge is -2.16. The molecule has 1 aliphatic rings. The van der Waals surface area contributed by atoms with Crippen molar-refractivity contribution in [3.8, 4) is 0 Å². The highest BCUT2D eigenvalue weighted by atomic mass is 35.5. The number of imidazole rings is 1. The van der Waals surface area contributed by atoms with Gasteiger partial charge in [0.2, 0.25) is 0 Å². The lowest BCUT2D eigenvalue weighted by molar-refractivity contribution is 0.707. The molecule has 0 saturated carbocycles. The number of aliphatic imine (C=N–C) groups is 1. The number of nitrogens with zero attached hydrogens (tertiary/aromatic N) is 3. The number of hydrogen-bond donors (Lipinski definition) is 2. The van der Waals surface area contributed by atoms with Gasteiger partial charge in [-0.15, -0.1) is 0 Å². The van der Waals surface area contributed by atoms with E-state index in [4.69, 9.17) is 28.9 Å². The van der Waals surface area contributed by atoms with Crippen LogP contribution in [0.15, 0.2) is 34.5 Å². The smallest absolute Gasteiger partial charge is 0.189 e. The Morgan fingerprint density at radius 2 is 2.33 bits per heavy atom. The second-order valence-corrected chi connectivity index (χ2v) is 7.51. The van der Waals surface area contributed by atoms with Crippen molar-refractivity contribution in [3.05, 3.63) is 45.7 Å². The van der Waals surface area contributed by atoms with Crippen LogP contribution in [0.25, 0.3) is 0 Å². The molecule has 8 heteroatoms. The standard InChI is InChI=1S/C16H19Cl2N5S/c1-10(13-3-2-11(17)8-14(13)18)21-15(19)20-5-4-12-9-23-6-7-24-16(23)22-12/h2-3,8-10H,4-7H2,1H3,(H3,19,20,21). The Morgan fingerprint density at radius 1 is 1.50 bits per heavy atom. The van der Waals surface area contributed by atoms with Gasteiger partial charge in [-0.2, -0.15) is 0 Å². The van der Waals surface area contributed by atoms with Crippen LogP contribution in [0, 0.1) is 0 Å². The fourth-order valence-electron chi connectivity index (χ4n) is 2.57. The minimum absolute atomic E-state index is 0.0497. The van der Waals surface area contributed by atoms with E-state index in [0.717, 1.165) is 35.1 Å². The lowest BCUT2D eigenvalue weighted by Crippen LogP contribution is -2.34. The summed E-state index contributed by atoms with van der Waals surface area (Å²) in [6, 6.07) is 5.37. The van der Waals surface area contributed by atoms with Gasteiger partial charge in [-0.05, 0) is 24.6 Å². The van der Waals surface area contributed by atoms with Gasteiger partial charge in [0, 0.05) is 41.5 Å². The lowest BCUT2D eigenvalue weighted by atomic mass is 10.1. The van der Waals surface area contributed by atoms with Gasteiger partial charge in [0.25, 0.3) is 0 Å². The molecule has 5 nitrogen and oxygen atoms in total. The number of fused-ring (bicyclic) bond motifs is 1. The van der Waals surface area contributed by atoms with Crippen LogP contribution in [-0.4, -0.2) is 27.8 Å². The zero-order valence-corrected chi connectivity index (χ0v) is 15.6. The number of aromatic nitrogens is 2. The van der Waals surface area contributed by atoms with Crippen molar-refractivity contribution in [1.29, 1.82) is 0 Å². The second kappa shape index (κ2) is 7.68. The quantitative estimate of drug-likeness (QED) is 0.612. The SMILES string of the molecule is CC(NC(N)=NCCc1cn2c(n1)SCC2)c1ccc(Cl)cc1Cl. The Morgan fingerprint density at radius 3 is 3.08 bits per heavy atom. The molecule has 2 aromatic rings. The number of guanidine groups is 1. The first-order valence-corrected chi connectivity index (χ1v) is 9.47. The fraction of sp³-hybridized carbons (Fsp3) is 0.375. The normalized spacial score (nSPS) is 15.4. The van der Waals surface area contributed by atoms with E-state index in [1.807, 2.05) is 19.1 Å².